The monoisotopic (exact) mass is 424 g/mol. The van der Waals surface area contributed by atoms with Gasteiger partial charge in [0.15, 0.2) is 6.10 Å². The Labute approximate surface area is 159 Å². The van der Waals surface area contributed by atoms with Gasteiger partial charge in [-0.1, -0.05) is 12.1 Å². The van der Waals surface area contributed by atoms with E-state index in [4.69, 9.17) is 14.2 Å². The molecule has 138 valence electrons. The fourth-order valence-electron chi connectivity index (χ4n) is 2.24. The Morgan fingerprint density at radius 2 is 1.81 bits per heavy atom. The van der Waals surface area contributed by atoms with Gasteiger partial charge < -0.3 is 14.2 Å². The molecule has 2 rings (SSSR count). The number of hydrogen-bond donors (Lipinski definition) is 1. The van der Waals surface area contributed by atoms with Crippen LogP contribution in [0.4, 0.5) is 4.39 Å². The molecule has 0 spiro atoms. The van der Waals surface area contributed by atoms with Gasteiger partial charge >= 0.3 is 0 Å². The summed E-state index contributed by atoms with van der Waals surface area (Å²) < 4.78 is 29.4. The first kappa shape index (κ1) is 19.9. The molecular formula is C18H18BrFN2O4. The lowest BCUT2D eigenvalue weighted by atomic mass is 10.1. The maximum atomic E-state index is 13.0. The Bertz CT molecular complexity index is 797. The highest BCUT2D eigenvalue weighted by molar-refractivity contribution is 9.10. The largest absolute Gasteiger partial charge is 0.496 e. The van der Waals surface area contributed by atoms with Crippen molar-refractivity contribution in [1.82, 2.24) is 5.43 Å². The molecule has 1 unspecified atom stereocenters. The van der Waals surface area contributed by atoms with Crippen molar-refractivity contribution in [2.75, 3.05) is 21.3 Å². The molecule has 0 bridgehead atoms. The number of nitrogens with zero attached hydrogens (tertiary/aromatic N) is 1. The predicted molar refractivity (Wildman–Crippen MR) is 99.1 cm³/mol. The quantitative estimate of drug-likeness (QED) is 0.545. The highest BCUT2D eigenvalue weighted by Gasteiger charge is 2.19. The van der Waals surface area contributed by atoms with Crippen molar-refractivity contribution in [2.24, 2.45) is 5.10 Å². The number of rotatable bonds is 7. The molecule has 0 saturated carbocycles. The minimum Gasteiger partial charge on any atom is -0.496 e. The van der Waals surface area contributed by atoms with Crippen LogP contribution in [-0.4, -0.2) is 33.5 Å². The van der Waals surface area contributed by atoms with E-state index < -0.39 is 12.0 Å². The van der Waals surface area contributed by atoms with Crippen molar-refractivity contribution in [3.05, 3.63) is 57.8 Å². The van der Waals surface area contributed by atoms with Crippen LogP contribution < -0.4 is 14.9 Å². The van der Waals surface area contributed by atoms with Crippen LogP contribution in [0.1, 0.15) is 17.2 Å². The Balaban J connectivity index is 2.12. The molecule has 1 amide bonds. The van der Waals surface area contributed by atoms with Gasteiger partial charge in [0, 0.05) is 18.7 Å². The maximum Gasteiger partial charge on any atom is 0.273 e. The van der Waals surface area contributed by atoms with E-state index in [1.54, 1.807) is 19.2 Å². The molecule has 1 N–H and O–H groups in total. The second kappa shape index (κ2) is 9.30. The van der Waals surface area contributed by atoms with Crippen LogP contribution in [0, 0.1) is 5.82 Å². The van der Waals surface area contributed by atoms with E-state index in [0.717, 1.165) is 4.47 Å². The van der Waals surface area contributed by atoms with Gasteiger partial charge in [0.1, 0.15) is 17.3 Å². The summed E-state index contributed by atoms with van der Waals surface area (Å²) in [5.41, 5.74) is 3.56. The van der Waals surface area contributed by atoms with Crippen LogP contribution >= 0.6 is 15.9 Å². The van der Waals surface area contributed by atoms with Crippen molar-refractivity contribution in [3.63, 3.8) is 0 Å². The van der Waals surface area contributed by atoms with E-state index in [1.807, 2.05) is 0 Å². The SMILES string of the molecule is COc1cc(OC)c(/C=N/NC(=O)C(OC)c2ccc(F)cc2)cc1Br. The first-order chi connectivity index (χ1) is 12.5. The molecule has 0 heterocycles. The molecule has 1 atom stereocenters. The summed E-state index contributed by atoms with van der Waals surface area (Å²) in [4.78, 5) is 12.3. The molecule has 0 aliphatic rings. The zero-order chi connectivity index (χ0) is 19.1. The number of halogens is 2. The van der Waals surface area contributed by atoms with Gasteiger partial charge in [-0.05, 0) is 39.7 Å². The van der Waals surface area contributed by atoms with E-state index in [2.05, 4.69) is 26.5 Å². The number of carbonyl (C=O) groups excluding carboxylic acids is 1. The molecule has 0 aliphatic heterocycles. The van der Waals surface area contributed by atoms with Gasteiger partial charge in [-0.2, -0.15) is 5.10 Å². The fourth-order valence-corrected chi connectivity index (χ4v) is 2.76. The van der Waals surface area contributed by atoms with Crippen LogP contribution in [0.2, 0.25) is 0 Å². The first-order valence-electron chi connectivity index (χ1n) is 7.52. The minimum absolute atomic E-state index is 0.390. The van der Waals surface area contributed by atoms with Gasteiger partial charge in [-0.15, -0.1) is 0 Å². The maximum absolute atomic E-state index is 13.0. The number of benzene rings is 2. The molecule has 8 heteroatoms. The zero-order valence-electron chi connectivity index (χ0n) is 14.5. The zero-order valence-corrected chi connectivity index (χ0v) is 16.0. The molecule has 0 saturated heterocycles. The average molecular weight is 425 g/mol. The summed E-state index contributed by atoms with van der Waals surface area (Å²) >= 11 is 3.38. The van der Waals surface area contributed by atoms with Crippen LogP contribution in [0.25, 0.3) is 0 Å². The number of nitrogens with one attached hydrogen (secondary N) is 1. The standard InChI is InChI=1S/C18H18BrFN2O4/c1-24-15-9-16(25-2)14(19)8-12(15)10-21-22-18(23)17(26-3)11-4-6-13(20)7-5-11/h4-10,17H,1-3H3,(H,22,23)/b21-10+. The van der Waals surface area contributed by atoms with E-state index in [9.17, 15) is 9.18 Å². The van der Waals surface area contributed by atoms with Gasteiger partial charge in [-0.25, -0.2) is 9.82 Å². The Morgan fingerprint density at radius 1 is 1.15 bits per heavy atom. The van der Waals surface area contributed by atoms with Crippen molar-refractivity contribution in [1.29, 1.82) is 0 Å². The lowest BCUT2D eigenvalue weighted by molar-refractivity contribution is -0.131. The number of hydrogen-bond acceptors (Lipinski definition) is 5. The minimum atomic E-state index is -0.905. The molecule has 2 aromatic carbocycles. The number of methoxy groups -OCH3 is 3. The Kier molecular flexibility index (Phi) is 7.11. The third-order valence-electron chi connectivity index (χ3n) is 3.53. The second-order valence-electron chi connectivity index (χ2n) is 5.13. The molecular weight excluding hydrogens is 407 g/mol. The number of amides is 1. The lowest BCUT2D eigenvalue weighted by Crippen LogP contribution is -2.26. The van der Waals surface area contributed by atoms with Crippen LogP contribution in [0.15, 0.2) is 46.0 Å². The highest BCUT2D eigenvalue weighted by atomic mass is 79.9. The van der Waals surface area contributed by atoms with Crippen molar-refractivity contribution in [3.8, 4) is 11.5 Å². The number of hydrazone groups is 1. The van der Waals surface area contributed by atoms with Crippen LogP contribution in [-0.2, 0) is 9.53 Å². The smallest absolute Gasteiger partial charge is 0.273 e. The first-order valence-corrected chi connectivity index (χ1v) is 8.32. The van der Waals surface area contributed by atoms with Gasteiger partial charge in [0.2, 0.25) is 0 Å². The molecule has 26 heavy (non-hydrogen) atoms. The van der Waals surface area contributed by atoms with Gasteiger partial charge in [0.05, 0.1) is 24.9 Å². The fraction of sp³-hybridized carbons (Fsp3) is 0.222. The summed E-state index contributed by atoms with van der Waals surface area (Å²) in [6, 6.07) is 8.94. The Morgan fingerprint density at radius 3 is 2.38 bits per heavy atom. The van der Waals surface area contributed by atoms with Crippen molar-refractivity contribution in [2.45, 2.75) is 6.10 Å². The second-order valence-corrected chi connectivity index (χ2v) is 5.98. The predicted octanol–water partition coefficient (Wildman–Crippen LogP) is 3.44. The molecule has 0 radical (unpaired) electrons. The molecule has 0 fully saturated rings. The van der Waals surface area contributed by atoms with E-state index in [-0.39, 0.29) is 5.82 Å². The topological polar surface area (TPSA) is 69.2 Å². The third kappa shape index (κ3) is 4.80. The summed E-state index contributed by atoms with van der Waals surface area (Å²) in [7, 11) is 4.46. The van der Waals surface area contributed by atoms with Gasteiger partial charge in [-0.3, -0.25) is 4.79 Å². The average Bonchev–Trinajstić information content (AvgIpc) is 2.64. The lowest BCUT2D eigenvalue weighted by Gasteiger charge is -2.13. The highest BCUT2D eigenvalue weighted by Crippen LogP contribution is 2.31. The molecule has 0 aromatic heterocycles. The van der Waals surface area contributed by atoms with Crippen LogP contribution in [0.5, 0.6) is 11.5 Å². The van der Waals surface area contributed by atoms with Crippen molar-refractivity contribution >= 4 is 28.1 Å². The van der Waals surface area contributed by atoms with E-state index in [0.29, 0.717) is 22.6 Å². The molecule has 6 nitrogen and oxygen atoms in total. The molecule has 2 aromatic rings. The van der Waals surface area contributed by atoms with Gasteiger partial charge in [0.25, 0.3) is 5.91 Å². The van der Waals surface area contributed by atoms with E-state index >= 15 is 0 Å². The van der Waals surface area contributed by atoms with E-state index in [1.165, 1.54) is 44.7 Å². The summed E-state index contributed by atoms with van der Waals surface area (Å²) in [5.74, 6) is 0.268. The summed E-state index contributed by atoms with van der Waals surface area (Å²) in [6.07, 6.45) is 0.537. The normalized spacial score (nSPS) is 12.0. The Hall–Kier alpha value is -2.45. The third-order valence-corrected chi connectivity index (χ3v) is 4.15. The molecule has 0 aliphatic carbocycles. The number of carbonyl (C=O) groups is 1. The summed E-state index contributed by atoms with van der Waals surface area (Å²) in [5, 5.41) is 3.94. The summed E-state index contributed by atoms with van der Waals surface area (Å²) in [6.45, 7) is 0. The van der Waals surface area contributed by atoms with Crippen LogP contribution in [0.3, 0.4) is 0 Å². The number of ether oxygens (including phenoxy) is 3. The van der Waals surface area contributed by atoms with Crippen molar-refractivity contribution < 1.29 is 23.4 Å².